The summed E-state index contributed by atoms with van der Waals surface area (Å²) in [6.45, 7) is -1.12. The number of ether oxygens (including phenoxy) is 3. The van der Waals surface area contributed by atoms with Gasteiger partial charge in [-0.3, -0.25) is 10.00 Å². The summed E-state index contributed by atoms with van der Waals surface area (Å²) in [5, 5.41) is 5.65. The molecule has 2 aromatic heterocycles. The van der Waals surface area contributed by atoms with Crippen molar-refractivity contribution in [1.82, 2.24) is 29.5 Å². The Morgan fingerprint density at radius 3 is 2.43 bits per heavy atom. The van der Waals surface area contributed by atoms with Crippen LogP contribution in [-0.4, -0.2) is 66.7 Å². The van der Waals surface area contributed by atoms with Crippen LogP contribution in [-0.2, 0) is 28.4 Å². The van der Waals surface area contributed by atoms with E-state index in [0.717, 1.165) is 4.68 Å². The average Bonchev–Trinajstić information content (AvgIpc) is 3.02. The first-order chi connectivity index (χ1) is 13.3. The molecule has 2 N–H and O–H groups in total. The molecule has 0 aliphatic carbocycles. The van der Waals surface area contributed by atoms with Gasteiger partial charge in [0.05, 0.1) is 33.6 Å². The fraction of sp³-hybridized carbons (Fsp3) is 0.462. The number of alkyl halides is 1. The van der Waals surface area contributed by atoms with Gasteiger partial charge in [0.2, 0.25) is 5.95 Å². The van der Waals surface area contributed by atoms with E-state index in [2.05, 4.69) is 25.4 Å². The number of hydrogen-bond acceptors (Lipinski definition) is 10. The molecule has 2 heterocycles. The number of anilines is 1. The summed E-state index contributed by atoms with van der Waals surface area (Å²) in [5.41, 5.74) is 0.153. The highest BCUT2D eigenvalue weighted by molar-refractivity contribution is 7.90. The zero-order valence-electron chi connectivity index (χ0n) is 15.2. The lowest BCUT2D eigenvalue weighted by atomic mass is 10.4. The molecule has 0 spiro atoms. The number of aryl methyl sites for hydroxylation is 1. The topological polar surface area (TPSA) is 159 Å². The van der Waals surface area contributed by atoms with Gasteiger partial charge in [0, 0.05) is 12.6 Å². The fourth-order valence-electron chi connectivity index (χ4n) is 2.03. The minimum absolute atomic E-state index is 0.149. The molecule has 0 aliphatic heterocycles. The lowest BCUT2D eigenvalue weighted by Crippen LogP contribution is -2.36. The molecule has 2 rings (SSSR count). The highest BCUT2D eigenvalue weighted by Crippen LogP contribution is 2.16. The Morgan fingerprint density at radius 1 is 1.21 bits per heavy atom. The van der Waals surface area contributed by atoms with E-state index in [1.54, 1.807) is 4.72 Å². The van der Waals surface area contributed by atoms with E-state index < -0.39 is 22.7 Å². The molecular weight excluding hydrogens is 401 g/mol. The van der Waals surface area contributed by atoms with Crippen molar-refractivity contribution in [3.63, 3.8) is 0 Å². The molecule has 2 amide bonds. The van der Waals surface area contributed by atoms with E-state index in [-0.39, 0.29) is 41.8 Å². The third-order valence-corrected chi connectivity index (χ3v) is 4.59. The predicted molar refractivity (Wildman–Crippen MR) is 91.1 cm³/mol. The maximum atomic E-state index is 12.5. The van der Waals surface area contributed by atoms with Crippen molar-refractivity contribution in [3.05, 3.63) is 11.8 Å². The second-order valence-corrected chi connectivity index (χ2v) is 6.63. The largest absolute Gasteiger partial charge is 0.467 e. The summed E-state index contributed by atoms with van der Waals surface area (Å²) in [6.07, 6.45) is 1.24. The van der Waals surface area contributed by atoms with Crippen LogP contribution in [0.1, 0.15) is 5.56 Å². The number of sulfonamides is 1. The van der Waals surface area contributed by atoms with E-state index in [1.807, 2.05) is 0 Å². The van der Waals surface area contributed by atoms with Crippen LogP contribution in [0, 0.1) is 0 Å². The number of methoxy groups -OCH3 is 2. The molecule has 0 saturated carbocycles. The Balaban J connectivity index is 2.16. The summed E-state index contributed by atoms with van der Waals surface area (Å²) in [6, 6.07) is -1.44. The van der Waals surface area contributed by atoms with Crippen LogP contribution in [0.4, 0.5) is 15.1 Å². The molecule has 2 aromatic rings. The van der Waals surface area contributed by atoms with Crippen molar-refractivity contribution in [1.29, 1.82) is 0 Å². The maximum Gasteiger partial charge on any atom is 0.335 e. The minimum Gasteiger partial charge on any atom is -0.467 e. The molecule has 0 saturated heterocycles. The van der Waals surface area contributed by atoms with Gasteiger partial charge < -0.3 is 14.2 Å². The zero-order valence-corrected chi connectivity index (χ0v) is 16.0. The SMILES string of the molecule is COc1nc(NC(=O)NS(=O)(=O)c2c(COCCF)cnn2C)nc(OC)n1. The Labute approximate surface area is 159 Å². The molecule has 0 radical (unpaired) electrons. The van der Waals surface area contributed by atoms with Crippen LogP contribution in [0.2, 0.25) is 0 Å². The average molecular weight is 419 g/mol. The van der Waals surface area contributed by atoms with Crippen molar-refractivity contribution in [3.8, 4) is 12.0 Å². The van der Waals surface area contributed by atoms with Gasteiger partial charge in [0.25, 0.3) is 10.0 Å². The summed E-state index contributed by atoms with van der Waals surface area (Å²) < 4.78 is 54.8. The van der Waals surface area contributed by atoms with Crippen LogP contribution in [0.5, 0.6) is 12.0 Å². The Morgan fingerprint density at radius 2 is 1.86 bits per heavy atom. The molecule has 0 unspecified atom stereocenters. The molecule has 0 fully saturated rings. The number of halogens is 1. The van der Waals surface area contributed by atoms with Crippen molar-refractivity contribution in [2.45, 2.75) is 11.6 Å². The fourth-order valence-corrected chi connectivity index (χ4v) is 3.27. The highest BCUT2D eigenvalue weighted by Gasteiger charge is 2.26. The molecule has 15 heteroatoms. The number of rotatable bonds is 9. The summed E-state index contributed by atoms with van der Waals surface area (Å²) >= 11 is 0. The van der Waals surface area contributed by atoms with Gasteiger partial charge >= 0.3 is 18.1 Å². The first-order valence-electron chi connectivity index (χ1n) is 7.63. The van der Waals surface area contributed by atoms with Gasteiger partial charge in [-0.2, -0.15) is 23.5 Å². The van der Waals surface area contributed by atoms with Crippen molar-refractivity contribution < 1.29 is 31.8 Å². The van der Waals surface area contributed by atoms with Crippen molar-refractivity contribution in [2.75, 3.05) is 32.8 Å². The van der Waals surface area contributed by atoms with Crippen molar-refractivity contribution in [2.24, 2.45) is 7.05 Å². The lowest BCUT2D eigenvalue weighted by Gasteiger charge is -2.10. The number of nitrogens with one attached hydrogen (secondary N) is 2. The maximum absolute atomic E-state index is 12.5. The van der Waals surface area contributed by atoms with Crippen LogP contribution >= 0.6 is 0 Å². The van der Waals surface area contributed by atoms with Crippen LogP contribution in [0.25, 0.3) is 0 Å². The standard InChI is InChI=1S/C13H18FN7O6S/c1-21-9(8(6-15-21)7-27-5-4-14)28(23,24)20-11(22)16-10-17-12(25-2)19-13(18-10)26-3/h6H,4-5,7H2,1-3H3,(H2,16,17,18,19,20,22). The number of hydrogen-bond donors (Lipinski definition) is 2. The normalized spacial score (nSPS) is 11.1. The lowest BCUT2D eigenvalue weighted by molar-refractivity contribution is 0.105. The monoisotopic (exact) mass is 419 g/mol. The molecular formula is C13H18FN7O6S. The first-order valence-corrected chi connectivity index (χ1v) is 9.11. The smallest absolute Gasteiger partial charge is 0.335 e. The second-order valence-electron chi connectivity index (χ2n) is 5.03. The van der Waals surface area contributed by atoms with E-state index in [9.17, 15) is 17.6 Å². The number of nitrogens with zero attached hydrogens (tertiary/aromatic N) is 5. The molecule has 28 heavy (non-hydrogen) atoms. The van der Waals surface area contributed by atoms with Crippen LogP contribution < -0.4 is 19.5 Å². The number of urea groups is 1. The molecule has 154 valence electrons. The summed E-state index contributed by atoms with van der Waals surface area (Å²) in [4.78, 5) is 23.4. The predicted octanol–water partition coefficient (Wildman–Crippen LogP) is -0.381. The van der Waals surface area contributed by atoms with Crippen LogP contribution in [0.15, 0.2) is 11.2 Å². The van der Waals surface area contributed by atoms with Crippen LogP contribution in [0.3, 0.4) is 0 Å². The molecule has 0 bridgehead atoms. The van der Waals surface area contributed by atoms with E-state index in [0.29, 0.717) is 0 Å². The quantitative estimate of drug-likeness (QED) is 0.513. The molecule has 0 aliphatic rings. The Hall–Kier alpha value is -3.07. The van der Waals surface area contributed by atoms with E-state index >= 15 is 0 Å². The van der Waals surface area contributed by atoms with Gasteiger partial charge in [-0.1, -0.05) is 0 Å². The van der Waals surface area contributed by atoms with E-state index in [4.69, 9.17) is 14.2 Å². The third-order valence-electron chi connectivity index (χ3n) is 3.10. The minimum atomic E-state index is -4.34. The number of amides is 2. The Bertz CT molecular complexity index is 913. The van der Waals surface area contributed by atoms with E-state index in [1.165, 1.54) is 27.5 Å². The Kier molecular flexibility index (Phi) is 7.00. The summed E-state index contributed by atoms with van der Waals surface area (Å²) in [5.74, 6) is -0.298. The highest BCUT2D eigenvalue weighted by atomic mass is 32.2. The third kappa shape index (κ3) is 5.23. The number of aromatic nitrogens is 5. The molecule has 0 aromatic carbocycles. The summed E-state index contributed by atoms with van der Waals surface area (Å²) in [7, 11) is -0.388. The van der Waals surface area contributed by atoms with Gasteiger partial charge in [-0.15, -0.1) is 4.98 Å². The number of carbonyl (C=O) groups is 1. The van der Waals surface area contributed by atoms with Gasteiger partial charge in [-0.05, 0) is 0 Å². The number of carbonyl (C=O) groups excluding carboxylic acids is 1. The molecule has 13 nitrogen and oxygen atoms in total. The molecule has 0 atom stereocenters. The van der Waals surface area contributed by atoms with Crippen molar-refractivity contribution >= 4 is 22.0 Å². The zero-order chi connectivity index (χ0) is 20.7. The van der Waals surface area contributed by atoms with Gasteiger partial charge in [0.15, 0.2) is 5.03 Å². The van der Waals surface area contributed by atoms with Gasteiger partial charge in [0.1, 0.15) is 6.67 Å². The van der Waals surface area contributed by atoms with Gasteiger partial charge in [-0.25, -0.2) is 13.9 Å². The first kappa shape index (κ1) is 21.2. The second kappa shape index (κ2) is 9.23.